The van der Waals surface area contributed by atoms with E-state index in [4.69, 9.17) is 4.74 Å². The van der Waals surface area contributed by atoms with Crippen molar-refractivity contribution in [1.82, 2.24) is 10.2 Å². The highest BCUT2D eigenvalue weighted by Crippen LogP contribution is 2.14. The summed E-state index contributed by atoms with van der Waals surface area (Å²) >= 11 is 0. The molecule has 0 amide bonds. The van der Waals surface area contributed by atoms with Crippen LogP contribution in [0.5, 0.6) is 5.75 Å². The van der Waals surface area contributed by atoms with E-state index in [1.165, 1.54) is 12.1 Å². The van der Waals surface area contributed by atoms with Crippen LogP contribution in [0.3, 0.4) is 0 Å². The van der Waals surface area contributed by atoms with Crippen LogP contribution in [0.4, 0.5) is 4.39 Å². The molecular weight excluding hydrogens is 231 g/mol. The molecule has 0 saturated carbocycles. The van der Waals surface area contributed by atoms with Gasteiger partial charge >= 0.3 is 0 Å². The van der Waals surface area contributed by atoms with Crippen LogP contribution in [0.1, 0.15) is 13.3 Å². The molecule has 18 heavy (non-hydrogen) atoms. The van der Waals surface area contributed by atoms with Crippen LogP contribution in [-0.2, 0) is 0 Å². The molecule has 1 fully saturated rings. The fourth-order valence-corrected chi connectivity index (χ4v) is 2.10. The maximum absolute atomic E-state index is 12.7. The number of nitrogens with one attached hydrogen (secondary N) is 1. The Labute approximate surface area is 108 Å². The zero-order chi connectivity index (χ0) is 12.8. The van der Waals surface area contributed by atoms with E-state index in [1.807, 2.05) is 0 Å². The number of halogens is 1. The van der Waals surface area contributed by atoms with Gasteiger partial charge in [0.25, 0.3) is 0 Å². The third-order valence-electron chi connectivity index (χ3n) is 3.21. The summed E-state index contributed by atoms with van der Waals surface area (Å²) in [6.07, 6.45) is 1.16. The van der Waals surface area contributed by atoms with Gasteiger partial charge in [-0.1, -0.05) is 0 Å². The van der Waals surface area contributed by atoms with Crippen LogP contribution in [0.2, 0.25) is 0 Å². The Morgan fingerprint density at radius 2 is 1.94 bits per heavy atom. The summed E-state index contributed by atoms with van der Waals surface area (Å²) in [5.74, 6) is 0.514. The average Bonchev–Trinajstić information content (AvgIpc) is 2.40. The summed E-state index contributed by atoms with van der Waals surface area (Å²) in [6, 6.07) is 6.21. The Bertz CT molecular complexity index is 349. The zero-order valence-corrected chi connectivity index (χ0v) is 10.9. The molecule has 1 atom stereocenters. The first kappa shape index (κ1) is 13.3. The van der Waals surface area contributed by atoms with Crippen LogP contribution in [0, 0.1) is 5.82 Å². The van der Waals surface area contributed by atoms with E-state index >= 15 is 0 Å². The Hall–Kier alpha value is -1.13. The summed E-state index contributed by atoms with van der Waals surface area (Å²) < 4.78 is 18.5. The van der Waals surface area contributed by atoms with Crippen LogP contribution in [0.15, 0.2) is 24.3 Å². The van der Waals surface area contributed by atoms with Gasteiger partial charge in [0.1, 0.15) is 11.6 Å². The van der Waals surface area contributed by atoms with E-state index in [2.05, 4.69) is 17.1 Å². The number of hydrogen-bond acceptors (Lipinski definition) is 3. The number of rotatable bonds is 5. The minimum atomic E-state index is -0.226. The van der Waals surface area contributed by atoms with Crippen molar-refractivity contribution in [1.29, 1.82) is 0 Å². The highest BCUT2D eigenvalue weighted by atomic mass is 19.1. The molecule has 0 aliphatic carbocycles. The maximum atomic E-state index is 12.7. The molecule has 0 radical (unpaired) electrons. The van der Waals surface area contributed by atoms with Gasteiger partial charge in [-0.2, -0.15) is 0 Å². The Kier molecular flexibility index (Phi) is 4.96. The number of piperazine rings is 1. The van der Waals surface area contributed by atoms with Gasteiger partial charge in [0, 0.05) is 32.7 Å². The van der Waals surface area contributed by atoms with Gasteiger partial charge in [-0.25, -0.2) is 4.39 Å². The van der Waals surface area contributed by atoms with Gasteiger partial charge in [0.15, 0.2) is 0 Å². The molecule has 3 nitrogen and oxygen atoms in total. The van der Waals surface area contributed by atoms with Crippen LogP contribution in [-0.4, -0.2) is 43.7 Å². The van der Waals surface area contributed by atoms with E-state index < -0.39 is 0 Å². The molecule has 0 bridgehead atoms. The van der Waals surface area contributed by atoms with E-state index in [-0.39, 0.29) is 11.9 Å². The van der Waals surface area contributed by atoms with Gasteiger partial charge in [0.2, 0.25) is 0 Å². The second-order valence-electron chi connectivity index (χ2n) is 4.76. The summed E-state index contributed by atoms with van der Waals surface area (Å²) in [7, 11) is 0. The molecule has 1 aromatic carbocycles. The smallest absolute Gasteiger partial charge is 0.123 e. The van der Waals surface area contributed by atoms with E-state index in [1.54, 1.807) is 12.1 Å². The number of nitrogens with zero attached hydrogens (tertiary/aromatic N) is 1. The Balaban J connectivity index is 1.71. The summed E-state index contributed by atoms with van der Waals surface area (Å²) in [6.45, 7) is 7.50. The van der Waals surface area contributed by atoms with Crippen molar-refractivity contribution >= 4 is 0 Å². The molecule has 1 N–H and O–H groups in total. The second kappa shape index (κ2) is 6.71. The molecule has 1 unspecified atom stereocenters. The summed E-state index contributed by atoms with van der Waals surface area (Å²) in [5, 5.41) is 3.34. The molecule has 1 aliphatic heterocycles. The predicted molar refractivity (Wildman–Crippen MR) is 70.4 cm³/mol. The van der Waals surface area contributed by atoms with Crippen molar-refractivity contribution in [2.45, 2.75) is 19.4 Å². The van der Waals surface area contributed by atoms with Crippen molar-refractivity contribution in [2.24, 2.45) is 0 Å². The average molecular weight is 252 g/mol. The first-order valence-corrected chi connectivity index (χ1v) is 6.59. The lowest BCUT2D eigenvalue weighted by Gasteiger charge is -2.28. The second-order valence-corrected chi connectivity index (χ2v) is 4.76. The molecule has 100 valence electrons. The SMILES string of the molecule is CC(CCN1CCNCC1)Oc1ccc(F)cc1. The van der Waals surface area contributed by atoms with Gasteiger partial charge < -0.3 is 15.0 Å². The molecule has 2 rings (SSSR count). The zero-order valence-electron chi connectivity index (χ0n) is 10.9. The minimum absolute atomic E-state index is 0.158. The normalized spacial score (nSPS) is 18.6. The molecule has 1 saturated heterocycles. The van der Waals surface area contributed by atoms with Crippen molar-refractivity contribution < 1.29 is 9.13 Å². The minimum Gasteiger partial charge on any atom is -0.491 e. The van der Waals surface area contributed by atoms with Crippen molar-refractivity contribution in [2.75, 3.05) is 32.7 Å². The number of benzene rings is 1. The number of hydrogen-bond donors (Lipinski definition) is 1. The van der Waals surface area contributed by atoms with Gasteiger partial charge in [-0.15, -0.1) is 0 Å². The van der Waals surface area contributed by atoms with Crippen LogP contribution >= 0.6 is 0 Å². The highest BCUT2D eigenvalue weighted by molar-refractivity contribution is 5.22. The van der Waals surface area contributed by atoms with Gasteiger partial charge in [-0.05, 0) is 37.6 Å². The van der Waals surface area contributed by atoms with Crippen molar-refractivity contribution in [3.8, 4) is 5.75 Å². The third kappa shape index (κ3) is 4.27. The van der Waals surface area contributed by atoms with E-state index in [0.717, 1.165) is 44.9 Å². The molecule has 0 aromatic heterocycles. The summed E-state index contributed by atoms with van der Waals surface area (Å²) in [5.41, 5.74) is 0. The quantitative estimate of drug-likeness (QED) is 0.866. The van der Waals surface area contributed by atoms with Crippen LogP contribution < -0.4 is 10.1 Å². The number of ether oxygens (including phenoxy) is 1. The largest absolute Gasteiger partial charge is 0.491 e. The lowest BCUT2D eigenvalue weighted by Crippen LogP contribution is -2.44. The summed E-state index contributed by atoms with van der Waals surface area (Å²) in [4.78, 5) is 2.45. The Morgan fingerprint density at radius 3 is 2.61 bits per heavy atom. The molecule has 1 aromatic rings. The van der Waals surface area contributed by atoms with E-state index in [0.29, 0.717) is 0 Å². The molecule has 1 heterocycles. The monoisotopic (exact) mass is 252 g/mol. The predicted octanol–water partition coefficient (Wildman–Crippen LogP) is 1.89. The fraction of sp³-hybridized carbons (Fsp3) is 0.571. The van der Waals surface area contributed by atoms with E-state index in [9.17, 15) is 4.39 Å². The fourth-order valence-electron chi connectivity index (χ4n) is 2.10. The molecule has 1 aliphatic rings. The molecule has 4 heteroatoms. The first-order chi connectivity index (χ1) is 8.74. The van der Waals surface area contributed by atoms with Gasteiger partial charge in [0.05, 0.1) is 6.10 Å². The lowest BCUT2D eigenvalue weighted by molar-refractivity contribution is 0.167. The standard InChI is InChI=1S/C14H21FN2O/c1-12(6-9-17-10-7-16-8-11-17)18-14-4-2-13(15)3-5-14/h2-5,12,16H,6-11H2,1H3. The first-order valence-electron chi connectivity index (χ1n) is 6.59. The third-order valence-corrected chi connectivity index (χ3v) is 3.21. The van der Waals surface area contributed by atoms with Crippen molar-refractivity contribution in [3.63, 3.8) is 0 Å². The van der Waals surface area contributed by atoms with Gasteiger partial charge in [-0.3, -0.25) is 0 Å². The lowest BCUT2D eigenvalue weighted by atomic mass is 10.2. The van der Waals surface area contributed by atoms with Crippen molar-refractivity contribution in [3.05, 3.63) is 30.1 Å². The topological polar surface area (TPSA) is 24.5 Å². The van der Waals surface area contributed by atoms with Crippen LogP contribution in [0.25, 0.3) is 0 Å². The Morgan fingerprint density at radius 1 is 1.28 bits per heavy atom. The maximum Gasteiger partial charge on any atom is 0.123 e. The molecular formula is C14H21FN2O. The molecule has 0 spiro atoms. The highest BCUT2D eigenvalue weighted by Gasteiger charge is 2.11.